The van der Waals surface area contributed by atoms with E-state index >= 15 is 0 Å². The molecule has 0 saturated carbocycles. The van der Waals surface area contributed by atoms with Crippen LogP contribution in [-0.4, -0.2) is 33.8 Å². The Balaban J connectivity index is 2.03. The summed E-state index contributed by atoms with van der Waals surface area (Å²) < 4.78 is 6.89. The second-order valence-corrected chi connectivity index (χ2v) is 4.92. The molecule has 2 aromatic heterocycles. The fourth-order valence-corrected chi connectivity index (χ4v) is 2.50. The van der Waals surface area contributed by atoms with Gasteiger partial charge in [0.1, 0.15) is 0 Å². The van der Waals surface area contributed by atoms with E-state index in [1.165, 1.54) is 0 Å². The van der Waals surface area contributed by atoms with Gasteiger partial charge < -0.3 is 4.74 Å². The van der Waals surface area contributed by atoms with Gasteiger partial charge in [0.2, 0.25) is 0 Å². The van der Waals surface area contributed by atoms with Crippen LogP contribution in [0.25, 0.3) is 16.9 Å². The average molecular weight is 310 g/mol. The number of nitrogens with zero attached hydrogens (tertiary/aromatic N) is 4. The molecule has 0 N–H and O–H groups in total. The van der Waals surface area contributed by atoms with Crippen molar-refractivity contribution in [1.82, 2.24) is 14.6 Å². The SMILES string of the molecule is CCOC(=O)N(CC)c1cccc(-c2ccnc3ccnn23)c1. The Hall–Kier alpha value is -2.89. The number of rotatable bonds is 4. The van der Waals surface area contributed by atoms with Crippen LogP contribution >= 0.6 is 0 Å². The zero-order chi connectivity index (χ0) is 16.2. The molecule has 0 aliphatic carbocycles. The van der Waals surface area contributed by atoms with Gasteiger partial charge >= 0.3 is 6.09 Å². The summed E-state index contributed by atoms with van der Waals surface area (Å²) in [6.07, 6.45) is 3.13. The zero-order valence-electron chi connectivity index (χ0n) is 13.1. The number of anilines is 1. The number of ether oxygens (including phenoxy) is 1. The van der Waals surface area contributed by atoms with Crippen molar-refractivity contribution in [2.45, 2.75) is 13.8 Å². The quantitative estimate of drug-likeness (QED) is 0.741. The van der Waals surface area contributed by atoms with Crippen molar-refractivity contribution in [3.63, 3.8) is 0 Å². The number of aromatic nitrogens is 3. The fourth-order valence-electron chi connectivity index (χ4n) is 2.50. The molecule has 6 nitrogen and oxygen atoms in total. The van der Waals surface area contributed by atoms with E-state index in [0.717, 1.165) is 22.6 Å². The largest absolute Gasteiger partial charge is 0.449 e. The first-order valence-corrected chi connectivity index (χ1v) is 7.58. The zero-order valence-corrected chi connectivity index (χ0v) is 13.1. The Morgan fingerprint density at radius 2 is 2.09 bits per heavy atom. The van der Waals surface area contributed by atoms with E-state index in [4.69, 9.17) is 4.74 Å². The maximum Gasteiger partial charge on any atom is 0.414 e. The molecule has 3 rings (SSSR count). The normalized spacial score (nSPS) is 10.7. The van der Waals surface area contributed by atoms with Gasteiger partial charge in [-0.1, -0.05) is 12.1 Å². The number of carbonyl (C=O) groups excluding carboxylic acids is 1. The molecule has 0 saturated heterocycles. The molecule has 0 aliphatic rings. The standard InChI is InChI=1S/C17H18N4O2/c1-3-20(17(22)23-4-2)14-7-5-6-13(12-14)15-8-10-18-16-9-11-19-21(15)16/h5-12H,3-4H2,1-2H3. The van der Waals surface area contributed by atoms with Crippen LogP contribution in [0.3, 0.4) is 0 Å². The van der Waals surface area contributed by atoms with Crippen LogP contribution in [0, 0.1) is 0 Å². The third-order valence-electron chi connectivity index (χ3n) is 3.55. The van der Waals surface area contributed by atoms with Gasteiger partial charge in [-0.2, -0.15) is 5.10 Å². The van der Waals surface area contributed by atoms with Gasteiger partial charge in [0.25, 0.3) is 0 Å². The first-order valence-electron chi connectivity index (χ1n) is 7.58. The van der Waals surface area contributed by atoms with E-state index < -0.39 is 0 Å². The molecule has 0 unspecified atom stereocenters. The summed E-state index contributed by atoms with van der Waals surface area (Å²) in [4.78, 5) is 17.9. The molecular weight excluding hydrogens is 292 g/mol. The van der Waals surface area contributed by atoms with Crippen molar-refractivity contribution < 1.29 is 9.53 Å². The van der Waals surface area contributed by atoms with Gasteiger partial charge in [-0.05, 0) is 32.0 Å². The lowest BCUT2D eigenvalue weighted by Gasteiger charge is -2.20. The Bertz CT molecular complexity index is 828. The second-order valence-electron chi connectivity index (χ2n) is 4.92. The molecule has 118 valence electrons. The van der Waals surface area contributed by atoms with Crippen LogP contribution in [-0.2, 0) is 4.74 Å². The summed E-state index contributed by atoms with van der Waals surface area (Å²) in [5.74, 6) is 0. The van der Waals surface area contributed by atoms with Crippen LogP contribution in [0.15, 0.2) is 48.8 Å². The minimum atomic E-state index is -0.342. The molecule has 0 aliphatic heterocycles. The van der Waals surface area contributed by atoms with Crippen molar-refractivity contribution >= 4 is 17.4 Å². The van der Waals surface area contributed by atoms with Gasteiger partial charge in [-0.15, -0.1) is 0 Å². The first-order chi connectivity index (χ1) is 11.2. The summed E-state index contributed by atoms with van der Waals surface area (Å²) in [6.45, 7) is 4.61. The van der Waals surface area contributed by atoms with E-state index in [2.05, 4.69) is 10.1 Å². The molecule has 6 heteroatoms. The second kappa shape index (κ2) is 6.48. The van der Waals surface area contributed by atoms with E-state index in [0.29, 0.717) is 13.2 Å². The molecule has 1 amide bonds. The summed E-state index contributed by atoms with van der Waals surface area (Å²) in [5.41, 5.74) is 3.45. The minimum absolute atomic E-state index is 0.342. The number of hydrogen-bond donors (Lipinski definition) is 0. The summed E-state index contributed by atoms with van der Waals surface area (Å²) >= 11 is 0. The number of amides is 1. The topological polar surface area (TPSA) is 59.7 Å². The smallest absolute Gasteiger partial charge is 0.414 e. The predicted octanol–water partition coefficient (Wildman–Crippen LogP) is 3.38. The molecular formula is C17H18N4O2. The van der Waals surface area contributed by atoms with Crippen LogP contribution in [0.1, 0.15) is 13.8 Å². The van der Waals surface area contributed by atoms with Gasteiger partial charge in [0.05, 0.1) is 18.5 Å². The van der Waals surface area contributed by atoms with Crippen molar-refractivity contribution in [3.8, 4) is 11.3 Å². The molecule has 0 spiro atoms. The third-order valence-corrected chi connectivity index (χ3v) is 3.55. The monoisotopic (exact) mass is 310 g/mol. The van der Waals surface area contributed by atoms with Gasteiger partial charge in [0, 0.05) is 30.1 Å². The maximum absolute atomic E-state index is 12.1. The van der Waals surface area contributed by atoms with Crippen molar-refractivity contribution in [2.75, 3.05) is 18.1 Å². The highest BCUT2D eigenvalue weighted by molar-refractivity contribution is 5.88. The average Bonchev–Trinajstić information content (AvgIpc) is 3.04. The van der Waals surface area contributed by atoms with Crippen LogP contribution < -0.4 is 4.90 Å². The van der Waals surface area contributed by atoms with E-state index in [1.54, 1.807) is 28.7 Å². The lowest BCUT2D eigenvalue weighted by atomic mass is 10.1. The number of benzene rings is 1. The number of hydrogen-bond acceptors (Lipinski definition) is 4. The molecule has 23 heavy (non-hydrogen) atoms. The molecule has 3 aromatic rings. The number of carbonyl (C=O) groups is 1. The molecule has 0 bridgehead atoms. The Morgan fingerprint density at radius 3 is 2.87 bits per heavy atom. The van der Waals surface area contributed by atoms with E-state index in [-0.39, 0.29) is 6.09 Å². The third kappa shape index (κ3) is 2.88. The number of fused-ring (bicyclic) bond motifs is 1. The molecule has 0 fully saturated rings. The van der Waals surface area contributed by atoms with Gasteiger partial charge in [-0.25, -0.2) is 14.3 Å². The van der Waals surface area contributed by atoms with Crippen LogP contribution in [0.5, 0.6) is 0 Å². The predicted molar refractivity (Wildman–Crippen MR) is 88.5 cm³/mol. The summed E-state index contributed by atoms with van der Waals surface area (Å²) in [7, 11) is 0. The fraction of sp³-hybridized carbons (Fsp3) is 0.235. The lowest BCUT2D eigenvalue weighted by molar-refractivity contribution is 0.160. The summed E-state index contributed by atoms with van der Waals surface area (Å²) in [5, 5.41) is 4.30. The van der Waals surface area contributed by atoms with Crippen LogP contribution in [0.2, 0.25) is 0 Å². The molecule has 0 radical (unpaired) electrons. The van der Waals surface area contributed by atoms with Crippen molar-refractivity contribution in [1.29, 1.82) is 0 Å². The first kappa shape index (κ1) is 15.0. The molecule has 1 aromatic carbocycles. The Kier molecular flexibility index (Phi) is 4.23. The van der Waals surface area contributed by atoms with E-state index in [9.17, 15) is 4.79 Å². The highest BCUT2D eigenvalue weighted by Gasteiger charge is 2.16. The van der Waals surface area contributed by atoms with Crippen molar-refractivity contribution in [3.05, 3.63) is 48.8 Å². The van der Waals surface area contributed by atoms with E-state index in [1.807, 2.05) is 43.3 Å². The lowest BCUT2D eigenvalue weighted by Crippen LogP contribution is -2.31. The van der Waals surface area contributed by atoms with Crippen LogP contribution in [0.4, 0.5) is 10.5 Å². The van der Waals surface area contributed by atoms with Gasteiger partial charge in [-0.3, -0.25) is 4.90 Å². The Morgan fingerprint density at radius 1 is 1.22 bits per heavy atom. The molecule has 0 atom stereocenters. The van der Waals surface area contributed by atoms with Gasteiger partial charge in [0.15, 0.2) is 5.65 Å². The summed E-state index contributed by atoms with van der Waals surface area (Å²) in [6, 6.07) is 11.5. The highest BCUT2D eigenvalue weighted by Crippen LogP contribution is 2.25. The van der Waals surface area contributed by atoms with Crippen molar-refractivity contribution in [2.24, 2.45) is 0 Å². The minimum Gasteiger partial charge on any atom is -0.449 e. The highest BCUT2D eigenvalue weighted by atomic mass is 16.6. The molecule has 2 heterocycles. The Labute approximate surface area is 134 Å². The maximum atomic E-state index is 12.1.